The average molecular weight is 382 g/mol. The summed E-state index contributed by atoms with van der Waals surface area (Å²) in [6.45, 7) is 9.20. The van der Waals surface area contributed by atoms with Crippen molar-refractivity contribution < 1.29 is 27.6 Å². The zero-order valence-electron chi connectivity index (χ0n) is 16.2. The summed E-state index contributed by atoms with van der Waals surface area (Å²) in [7, 11) is -4.18. The highest BCUT2D eigenvalue weighted by molar-refractivity contribution is 7.92. The Morgan fingerprint density at radius 3 is 1.96 bits per heavy atom. The van der Waals surface area contributed by atoms with Gasteiger partial charge in [0.25, 0.3) is 0 Å². The van der Waals surface area contributed by atoms with E-state index in [1.165, 1.54) is 6.92 Å². The van der Waals surface area contributed by atoms with Crippen LogP contribution in [-0.4, -0.2) is 48.8 Å². The van der Waals surface area contributed by atoms with Gasteiger partial charge in [-0.1, -0.05) is 24.3 Å². The van der Waals surface area contributed by atoms with E-state index in [-0.39, 0.29) is 6.42 Å². The Hall–Kier alpha value is -1.38. The highest BCUT2D eigenvalue weighted by atomic mass is 32.2. The topological polar surface area (TPSA) is 89.9 Å². The smallest absolute Gasteiger partial charge is 0.480 e. The maximum absolute atomic E-state index is 11.9. The third-order valence-corrected chi connectivity index (χ3v) is 7.68. The fraction of sp³-hybridized carbons (Fsp3) is 0.611. The fourth-order valence-corrected chi connectivity index (χ4v) is 3.44. The minimum absolute atomic E-state index is 0.0109. The first-order valence-corrected chi connectivity index (χ1v) is 10.5. The van der Waals surface area contributed by atoms with Crippen LogP contribution in [0.3, 0.4) is 0 Å². The van der Waals surface area contributed by atoms with Crippen LogP contribution >= 0.6 is 0 Å². The largest absolute Gasteiger partial charge is 0.494 e. The van der Waals surface area contributed by atoms with Gasteiger partial charge >= 0.3 is 13.1 Å². The van der Waals surface area contributed by atoms with Crippen LogP contribution in [0.2, 0.25) is 0 Å². The monoisotopic (exact) mass is 382 g/mol. The number of rotatable bonds is 6. The van der Waals surface area contributed by atoms with Gasteiger partial charge in [-0.2, -0.15) is 0 Å². The molecule has 0 saturated carbocycles. The van der Waals surface area contributed by atoms with Crippen LogP contribution in [0, 0.1) is 0 Å². The van der Waals surface area contributed by atoms with Crippen molar-refractivity contribution in [3.63, 3.8) is 0 Å². The molecule has 0 bridgehead atoms. The Bertz CT molecular complexity index is 768. The first-order valence-electron chi connectivity index (χ1n) is 8.57. The lowest BCUT2D eigenvalue weighted by Crippen LogP contribution is -2.43. The summed E-state index contributed by atoms with van der Waals surface area (Å²) in [5, 5.41) is 9.32. The van der Waals surface area contributed by atoms with Crippen molar-refractivity contribution in [2.75, 3.05) is 6.26 Å². The molecule has 1 saturated heterocycles. The second kappa shape index (κ2) is 6.66. The lowest BCUT2D eigenvalue weighted by Gasteiger charge is -2.32. The highest BCUT2D eigenvalue weighted by Crippen LogP contribution is 2.36. The standard InChI is InChI=1S/C18H27BO6S/c1-16(2)17(3,4)25-19(24-16)14-9-7-13(8-10-14)11-12-18(5,15(20)21)26(6,22)23/h7-10H,11-12H2,1-6H3,(H,20,21). The average Bonchev–Trinajstić information content (AvgIpc) is 2.72. The number of carboxylic acids is 1. The van der Waals surface area contributed by atoms with E-state index in [0.29, 0.717) is 6.42 Å². The molecule has 1 aliphatic rings. The summed E-state index contributed by atoms with van der Waals surface area (Å²) >= 11 is 0. The normalized spacial score (nSPS) is 21.4. The molecule has 0 spiro atoms. The molecule has 1 unspecified atom stereocenters. The molecule has 1 heterocycles. The first-order chi connectivity index (χ1) is 11.7. The lowest BCUT2D eigenvalue weighted by atomic mass is 9.78. The van der Waals surface area contributed by atoms with E-state index in [1.807, 2.05) is 52.0 Å². The van der Waals surface area contributed by atoms with Gasteiger partial charge in [-0.25, -0.2) is 8.42 Å². The lowest BCUT2D eigenvalue weighted by molar-refractivity contribution is -0.139. The van der Waals surface area contributed by atoms with Crippen LogP contribution in [-0.2, 0) is 30.4 Å². The van der Waals surface area contributed by atoms with Gasteiger partial charge in [0.05, 0.1) is 11.2 Å². The van der Waals surface area contributed by atoms with Crippen molar-refractivity contribution >= 4 is 28.4 Å². The number of aliphatic carboxylic acids is 1. The zero-order valence-corrected chi connectivity index (χ0v) is 17.0. The van der Waals surface area contributed by atoms with Gasteiger partial charge in [-0.3, -0.25) is 4.79 Å². The number of benzene rings is 1. The summed E-state index contributed by atoms with van der Waals surface area (Å²) in [6, 6.07) is 7.45. The van der Waals surface area contributed by atoms with Crippen LogP contribution in [0.4, 0.5) is 0 Å². The Kier molecular flexibility index (Phi) is 5.36. The fourth-order valence-electron chi connectivity index (χ4n) is 2.65. The second-order valence-corrected chi connectivity index (χ2v) is 10.6. The molecule has 8 heteroatoms. The highest BCUT2D eigenvalue weighted by Gasteiger charge is 2.51. The first kappa shape index (κ1) is 20.9. The summed E-state index contributed by atoms with van der Waals surface area (Å²) in [4.78, 5) is 11.4. The Morgan fingerprint density at radius 2 is 1.58 bits per heavy atom. The van der Waals surface area contributed by atoms with Crippen LogP contribution in [0.5, 0.6) is 0 Å². The minimum atomic E-state index is -3.72. The molecule has 1 aromatic carbocycles. The van der Waals surface area contributed by atoms with Gasteiger partial charge in [0.2, 0.25) is 0 Å². The van der Waals surface area contributed by atoms with E-state index in [1.54, 1.807) is 0 Å². The van der Waals surface area contributed by atoms with Crippen molar-refractivity contribution in [2.24, 2.45) is 0 Å². The van der Waals surface area contributed by atoms with Gasteiger partial charge in [0.1, 0.15) is 0 Å². The van der Waals surface area contributed by atoms with E-state index < -0.39 is 38.9 Å². The van der Waals surface area contributed by atoms with Crippen LogP contribution in [0.1, 0.15) is 46.6 Å². The Morgan fingerprint density at radius 1 is 1.12 bits per heavy atom. The molecule has 0 aromatic heterocycles. The van der Waals surface area contributed by atoms with Gasteiger partial charge in [0, 0.05) is 6.26 Å². The van der Waals surface area contributed by atoms with Crippen LogP contribution < -0.4 is 5.46 Å². The quantitative estimate of drug-likeness (QED) is 0.755. The summed E-state index contributed by atoms with van der Waals surface area (Å²) in [6.07, 6.45) is 1.32. The predicted molar refractivity (Wildman–Crippen MR) is 101 cm³/mol. The van der Waals surface area contributed by atoms with E-state index in [0.717, 1.165) is 17.3 Å². The van der Waals surface area contributed by atoms with Gasteiger partial charge in [-0.05, 0) is 58.5 Å². The summed E-state index contributed by atoms with van der Waals surface area (Å²) in [5.74, 6) is -1.33. The molecule has 0 aliphatic carbocycles. The van der Waals surface area contributed by atoms with Crippen molar-refractivity contribution in [1.82, 2.24) is 0 Å². The maximum Gasteiger partial charge on any atom is 0.494 e. The maximum atomic E-state index is 11.9. The van der Waals surface area contributed by atoms with E-state index in [4.69, 9.17) is 9.31 Å². The molecule has 6 nitrogen and oxygen atoms in total. The van der Waals surface area contributed by atoms with Gasteiger partial charge in [-0.15, -0.1) is 0 Å². The molecule has 1 N–H and O–H groups in total. The number of carbonyl (C=O) groups is 1. The third kappa shape index (κ3) is 3.82. The summed E-state index contributed by atoms with van der Waals surface area (Å²) in [5.41, 5.74) is 0.891. The molecule has 1 aliphatic heterocycles. The number of hydrogen-bond donors (Lipinski definition) is 1. The predicted octanol–water partition coefficient (Wildman–Crippen LogP) is 1.81. The molecule has 2 rings (SSSR count). The van der Waals surface area contributed by atoms with E-state index in [9.17, 15) is 18.3 Å². The summed E-state index contributed by atoms with van der Waals surface area (Å²) < 4.78 is 33.9. The Labute approximate surface area is 156 Å². The zero-order chi connectivity index (χ0) is 20.0. The van der Waals surface area contributed by atoms with E-state index in [2.05, 4.69) is 0 Å². The molecule has 0 amide bonds. The molecule has 1 atom stereocenters. The van der Waals surface area contributed by atoms with Gasteiger partial charge in [0.15, 0.2) is 14.6 Å². The molecule has 144 valence electrons. The van der Waals surface area contributed by atoms with E-state index >= 15 is 0 Å². The van der Waals surface area contributed by atoms with Crippen molar-refractivity contribution in [1.29, 1.82) is 0 Å². The van der Waals surface area contributed by atoms with Gasteiger partial charge < -0.3 is 14.4 Å². The van der Waals surface area contributed by atoms with Crippen molar-refractivity contribution in [3.8, 4) is 0 Å². The number of sulfone groups is 1. The second-order valence-electron chi connectivity index (χ2n) is 8.14. The molecule has 0 radical (unpaired) electrons. The Balaban J connectivity index is 2.11. The van der Waals surface area contributed by atoms with Crippen molar-refractivity contribution in [2.45, 2.75) is 63.4 Å². The molecule has 26 heavy (non-hydrogen) atoms. The third-order valence-electron chi connectivity index (χ3n) is 5.67. The molecule has 1 aromatic rings. The molecular formula is C18H27BO6S. The number of carboxylic acid groups (broad SMARTS) is 1. The SMILES string of the molecule is CC1(C)OB(c2ccc(CCC(C)(C(=O)O)S(C)(=O)=O)cc2)OC1(C)C. The molecular weight excluding hydrogens is 355 g/mol. The van der Waals surface area contributed by atoms with Crippen molar-refractivity contribution in [3.05, 3.63) is 29.8 Å². The van der Waals surface area contributed by atoms with Crippen LogP contribution in [0.25, 0.3) is 0 Å². The molecule has 1 fully saturated rings. The van der Waals surface area contributed by atoms with Crippen LogP contribution in [0.15, 0.2) is 24.3 Å². The number of aryl methyl sites for hydroxylation is 1. The number of hydrogen-bond acceptors (Lipinski definition) is 5. The minimum Gasteiger partial charge on any atom is -0.480 e.